The molecule has 5 nitrogen and oxygen atoms in total. The smallest absolute Gasteiger partial charge is 0.227 e. The maximum atomic E-state index is 11.8. The van der Waals surface area contributed by atoms with Crippen LogP contribution in [-0.2, 0) is 11.8 Å². The fourth-order valence-corrected chi connectivity index (χ4v) is 1.90. The molecule has 0 aliphatic heterocycles. The summed E-state index contributed by atoms with van der Waals surface area (Å²) < 4.78 is 1.77. The van der Waals surface area contributed by atoms with Crippen LogP contribution in [0, 0.1) is 11.3 Å². The van der Waals surface area contributed by atoms with Crippen molar-refractivity contribution >= 4 is 22.5 Å². The first-order valence-electron chi connectivity index (χ1n) is 5.76. The zero-order valence-corrected chi connectivity index (χ0v) is 10.4. The fraction of sp³-hybridized carbons (Fsp3) is 0.308. The van der Waals surface area contributed by atoms with E-state index in [1.165, 1.54) is 4.90 Å². The predicted octanol–water partition coefficient (Wildman–Crippen LogP) is 1.84. The molecule has 0 saturated carbocycles. The van der Waals surface area contributed by atoms with Gasteiger partial charge in [-0.3, -0.25) is 14.4 Å². The molecular formula is C13H14N4O. The Kier molecular flexibility index (Phi) is 3.28. The Morgan fingerprint density at radius 2 is 2.33 bits per heavy atom. The molecule has 2 aromatic rings. The molecule has 5 heteroatoms. The third-order valence-corrected chi connectivity index (χ3v) is 2.87. The summed E-state index contributed by atoms with van der Waals surface area (Å²) in [5.74, 6) is -0.0557. The zero-order valence-electron chi connectivity index (χ0n) is 10.4. The number of aromatic nitrogens is 2. The highest BCUT2D eigenvalue weighted by atomic mass is 16.2. The summed E-state index contributed by atoms with van der Waals surface area (Å²) in [6.07, 6.45) is 2.13. The molecule has 0 saturated heterocycles. The fourth-order valence-electron chi connectivity index (χ4n) is 1.90. The van der Waals surface area contributed by atoms with E-state index in [1.807, 2.05) is 31.3 Å². The molecule has 1 aromatic carbocycles. The summed E-state index contributed by atoms with van der Waals surface area (Å²) in [6, 6.07) is 7.65. The topological polar surface area (TPSA) is 61.9 Å². The second kappa shape index (κ2) is 4.88. The minimum absolute atomic E-state index is 0.0557. The zero-order chi connectivity index (χ0) is 13.1. The van der Waals surface area contributed by atoms with E-state index in [-0.39, 0.29) is 12.5 Å². The van der Waals surface area contributed by atoms with Gasteiger partial charge in [0, 0.05) is 24.5 Å². The van der Waals surface area contributed by atoms with Gasteiger partial charge in [0.15, 0.2) is 0 Å². The van der Waals surface area contributed by atoms with Gasteiger partial charge in [0.1, 0.15) is 6.54 Å². The van der Waals surface area contributed by atoms with E-state index in [0.29, 0.717) is 6.42 Å². The molecule has 0 spiro atoms. The number of carbonyl (C=O) groups excluding carboxylic acids is 1. The molecule has 0 radical (unpaired) electrons. The van der Waals surface area contributed by atoms with Gasteiger partial charge in [-0.2, -0.15) is 10.4 Å². The van der Waals surface area contributed by atoms with Gasteiger partial charge in [-0.1, -0.05) is 6.92 Å². The molecule has 2 rings (SSSR count). The largest absolute Gasteiger partial charge is 0.299 e. The van der Waals surface area contributed by atoms with Crippen molar-refractivity contribution in [2.45, 2.75) is 13.3 Å². The van der Waals surface area contributed by atoms with E-state index in [0.717, 1.165) is 16.6 Å². The summed E-state index contributed by atoms with van der Waals surface area (Å²) in [5.41, 5.74) is 1.74. The van der Waals surface area contributed by atoms with Gasteiger partial charge in [-0.15, -0.1) is 0 Å². The van der Waals surface area contributed by atoms with Crippen LogP contribution in [0.3, 0.4) is 0 Å². The number of nitriles is 1. The van der Waals surface area contributed by atoms with Gasteiger partial charge >= 0.3 is 0 Å². The average Bonchev–Trinajstić information content (AvgIpc) is 2.76. The van der Waals surface area contributed by atoms with Gasteiger partial charge in [0.05, 0.1) is 17.8 Å². The van der Waals surface area contributed by atoms with E-state index in [4.69, 9.17) is 5.26 Å². The van der Waals surface area contributed by atoms with Crippen LogP contribution in [-0.4, -0.2) is 22.2 Å². The molecule has 1 aromatic heterocycles. The first-order chi connectivity index (χ1) is 8.67. The molecule has 0 atom stereocenters. The molecule has 0 aliphatic carbocycles. The van der Waals surface area contributed by atoms with E-state index in [1.54, 1.807) is 17.8 Å². The molecular weight excluding hydrogens is 228 g/mol. The minimum Gasteiger partial charge on any atom is -0.299 e. The Morgan fingerprint density at radius 3 is 3.00 bits per heavy atom. The number of amides is 1. The summed E-state index contributed by atoms with van der Waals surface area (Å²) in [7, 11) is 1.87. The van der Waals surface area contributed by atoms with Crippen LogP contribution in [0.1, 0.15) is 13.3 Å². The second-order valence-corrected chi connectivity index (χ2v) is 4.00. The normalized spacial score (nSPS) is 10.3. The quantitative estimate of drug-likeness (QED) is 0.771. The standard InChI is InChI=1S/C13H14N4O/c1-3-13(18)17(7-6-14)11-4-5-12-10(8-11)9-15-16(12)2/h4-5,8-9H,3,7H2,1-2H3. The van der Waals surface area contributed by atoms with Gasteiger partial charge in [-0.25, -0.2) is 0 Å². The lowest BCUT2D eigenvalue weighted by molar-refractivity contribution is -0.118. The number of rotatable bonds is 3. The highest BCUT2D eigenvalue weighted by Crippen LogP contribution is 2.22. The number of benzene rings is 1. The van der Waals surface area contributed by atoms with E-state index in [2.05, 4.69) is 5.10 Å². The molecule has 92 valence electrons. The number of aryl methyl sites for hydroxylation is 1. The number of hydrogen-bond acceptors (Lipinski definition) is 3. The average molecular weight is 242 g/mol. The van der Waals surface area contributed by atoms with Crippen molar-refractivity contribution in [3.63, 3.8) is 0 Å². The SMILES string of the molecule is CCC(=O)N(CC#N)c1ccc2c(cnn2C)c1. The summed E-state index contributed by atoms with van der Waals surface area (Å²) in [5, 5.41) is 13.9. The molecule has 0 fully saturated rings. The molecule has 1 heterocycles. The summed E-state index contributed by atoms with van der Waals surface area (Å²) in [6.45, 7) is 1.85. The third kappa shape index (κ3) is 2.05. The van der Waals surface area contributed by atoms with Gasteiger partial charge in [-0.05, 0) is 18.2 Å². The lowest BCUT2D eigenvalue weighted by atomic mass is 10.2. The number of fused-ring (bicyclic) bond motifs is 1. The predicted molar refractivity (Wildman–Crippen MR) is 69.0 cm³/mol. The van der Waals surface area contributed by atoms with Gasteiger partial charge < -0.3 is 0 Å². The Morgan fingerprint density at radius 1 is 1.56 bits per heavy atom. The third-order valence-electron chi connectivity index (χ3n) is 2.87. The lowest BCUT2D eigenvalue weighted by Crippen LogP contribution is -2.30. The Hall–Kier alpha value is -2.35. The lowest BCUT2D eigenvalue weighted by Gasteiger charge is -2.19. The molecule has 0 aliphatic rings. The van der Waals surface area contributed by atoms with Gasteiger partial charge in [0.2, 0.25) is 5.91 Å². The number of hydrogen-bond donors (Lipinski definition) is 0. The second-order valence-electron chi connectivity index (χ2n) is 4.00. The molecule has 0 unspecified atom stereocenters. The number of carbonyl (C=O) groups is 1. The highest BCUT2D eigenvalue weighted by molar-refractivity contribution is 5.96. The van der Waals surface area contributed by atoms with Crippen molar-refractivity contribution in [3.05, 3.63) is 24.4 Å². The van der Waals surface area contributed by atoms with E-state index >= 15 is 0 Å². The van der Waals surface area contributed by atoms with E-state index < -0.39 is 0 Å². The molecule has 0 N–H and O–H groups in total. The Bertz CT molecular complexity index is 623. The summed E-state index contributed by atoms with van der Waals surface area (Å²) >= 11 is 0. The maximum Gasteiger partial charge on any atom is 0.227 e. The Labute approximate surface area is 105 Å². The number of nitrogens with zero attached hydrogens (tertiary/aromatic N) is 4. The van der Waals surface area contributed by atoms with E-state index in [9.17, 15) is 4.79 Å². The van der Waals surface area contributed by atoms with Crippen LogP contribution in [0.2, 0.25) is 0 Å². The Balaban J connectivity index is 2.45. The number of anilines is 1. The van der Waals surface area contributed by atoms with Crippen LogP contribution in [0.5, 0.6) is 0 Å². The molecule has 0 bridgehead atoms. The van der Waals surface area contributed by atoms with Crippen molar-refractivity contribution in [1.82, 2.24) is 9.78 Å². The van der Waals surface area contributed by atoms with Crippen molar-refractivity contribution in [2.24, 2.45) is 7.05 Å². The first kappa shape index (κ1) is 12.1. The molecule has 1 amide bonds. The van der Waals surface area contributed by atoms with Crippen LogP contribution in [0.15, 0.2) is 24.4 Å². The van der Waals surface area contributed by atoms with Crippen molar-refractivity contribution in [1.29, 1.82) is 5.26 Å². The van der Waals surface area contributed by atoms with Crippen molar-refractivity contribution < 1.29 is 4.79 Å². The maximum absolute atomic E-state index is 11.8. The summed E-state index contributed by atoms with van der Waals surface area (Å²) in [4.78, 5) is 13.3. The van der Waals surface area contributed by atoms with Crippen LogP contribution in [0.4, 0.5) is 5.69 Å². The van der Waals surface area contributed by atoms with Gasteiger partial charge in [0.25, 0.3) is 0 Å². The van der Waals surface area contributed by atoms with Crippen molar-refractivity contribution in [3.8, 4) is 6.07 Å². The van der Waals surface area contributed by atoms with Crippen LogP contribution >= 0.6 is 0 Å². The van der Waals surface area contributed by atoms with Crippen LogP contribution < -0.4 is 4.90 Å². The monoisotopic (exact) mass is 242 g/mol. The molecule has 18 heavy (non-hydrogen) atoms. The van der Waals surface area contributed by atoms with Crippen molar-refractivity contribution in [2.75, 3.05) is 11.4 Å². The van der Waals surface area contributed by atoms with Crippen LogP contribution in [0.25, 0.3) is 10.9 Å². The minimum atomic E-state index is -0.0557. The first-order valence-corrected chi connectivity index (χ1v) is 5.76. The highest BCUT2D eigenvalue weighted by Gasteiger charge is 2.14.